The Hall–Kier alpha value is -1.74. The normalized spacial score (nSPS) is 18.0. The molecule has 3 rings (SSSR count). The number of nitrogens with one attached hydrogen (secondary N) is 1. The molecule has 1 N–H and O–H groups in total. The first-order chi connectivity index (χ1) is 11.8. The fourth-order valence-electron chi connectivity index (χ4n) is 2.76. The highest BCUT2D eigenvalue weighted by Gasteiger charge is 2.31. The van der Waals surface area contributed by atoms with Crippen molar-refractivity contribution in [3.8, 4) is 0 Å². The fourth-order valence-corrected chi connectivity index (χ4v) is 2.96. The van der Waals surface area contributed by atoms with Crippen LogP contribution in [0.2, 0.25) is 0 Å². The molecule has 0 amide bonds. The van der Waals surface area contributed by atoms with Crippen molar-refractivity contribution in [1.82, 2.24) is 15.3 Å². The molecular weight excluding hydrogens is 404 g/mol. The highest BCUT2D eigenvalue weighted by Crippen LogP contribution is 2.30. The Balaban J connectivity index is 1.59. The van der Waals surface area contributed by atoms with Gasteiger partial charge in [0.15, 0.2) is 0 Å². The van der Waals surface area contributed by atoms with Gasteiger partial charge in [-0.2, -0.15) is 13.2 Å². The topological polar surface area (TPSA) is 41.0 Å². The van der Waals surface area contributed by atoms with E-state index in [1.54, 1.807) is 12.4 Å². The summed E-state index contributed by atoms with van der Waals surface area (Å²) in [6.45, 7) is 1.56. The minimum atomic E-state index is -4.56. The molecule has 0 spiro atoms. The summed E-state index contributed by atoms with van der Waals surface area (Å²) in [6, 6.07) is 2.67. The highest BCUT2D eigenvalue weighted by atomic mass is 79.9. The van der Waals surface area contributed by atoms with Crippen LogP contribution in [0.15, 0.2) is 35.1 Å². The number of halogens is 5. The number of hydrogen-bond donors (Lipinski definition) is 1. The van der Waals surface area contributed by atoms with Crippen LogP contribution in [-0.4, -0.2) is 29.1 Å². The Morgan fingerprint density at radius 1 is 1.20 bits per heavy atom. The van der Waals surface area contributed by atoms with E-state index in [1.165, 1.54) is 0 Å². The summed E-state index contributed by atoms with van der Waals surface area (Å²) >= 11 is 3.28. The fraction of sp³-hybridized carbons (Fsp3) is 0.375. The van der Waals surface area contributed by atoms with Crippen molar-refractivity contribution in [2.75, 3.05) is 18.0 Å². The molecule has 1 aromatic heterocycles. The molecule has 0 bridgehead atoms. The van der Waals surface area contributed by atoms with E-state index in [4.69, 9.17) is 0 Å². The van der Waals surface area contributed by atoms with Gasteiger partial charge in [0, 0.05) is 38.1 Å². The van der Waals surface area contributed by atoms with Gasteiger partial charge in [-0.15, -0.1) is 0 Å². The Morgan fingerprint density at radius 2 is 1.92 bits per heavy atom. The molecule has 0 unspecified atom stereocenters. The summed E-state index contributed by atoms with van der Waals surface area (Å²) in [6.07, 6.45) is -0.427. The average Bonchev–Trinajstić information content (AvgIpc) is 3.01. The van der Waals surface area contributed by atoms with Gasteiger partial charge in [0.1, 0.15) is 5.82 Å². The zero-order chi connectivity index (χ0) is 18.0. The van der Waals surface area contributed by atoms with E-state index in [9.17, 15) is 17.6 Å². The van der Waals surface area contributed by atoms with Gasteiger partial charge in [0.25, 0.3) is 0 Å². The molecule has 2 heterocycles. The Labute approximate surface area is 150 Å². The van der Waals surface area contributed by atoms with E-state index in [1.807, 2.05) is 4.90 Å². The lowest BCUT2D eigenvalue weighted by Gasteiger charge is -2.17. The number of nitrogens with zero attached hydrogens (tertiary/aromatic N) is 3. The zero-order valence-electron chi connectivity index (χ0n) is 13.0. The Bertz CT molecular complexity index is 736. The van der Waals surface area contributed by atoms with Gasteiger partial charge in [-0.05, 0) is 46.1 Å². The summed E-state index contributed by atoms with van der Waals surface area (Å²) in [5.74, 6) is -0.277. The lowest BCUT2D eigenvalue weighted by Crippen LogP contribution is -2.32. The molecule has 2 aromatic rings. The predicted molar refractivity (Wildman–Crippen MR) is 88.6 cm³/mol. The lowest BCUT2D eigenvalue weighted by atomic mass is 10.1. The van der Waals surface area contributed by atoms with Crippen LogP contribution in [0.4, 0.5) is 23.5 Å². The second-order valence-electron chi connectivity index (χ2n) is 5.86. The molecule has 9 heteroatoms. The van der Waals surface area contributed by atoms with Crippen LogP contribution in [0, 0.1) is 5.82 Å². The first-order valence-corrected chi connectivity index (χ1v) is 8.43. The summed E-state index contributed by atoms with van der Waals surface area (Å²) in [5.41, 5.74) is -0.703. The van der Waals surface area contributed by atoms with E-state index in [0.29, 0.717) is 18.6 Å². The quantitative estimate of drug-likeness (QED) is 0.767. The van der Waals surface area contributed by atoms with Crippen molar-refractivity contribution in [3.05, 3.63) is 52.0 Å². The van der Waals surface area contributed by atoms with Gasteiger partial charge >= 0.3 is 6.18 Å². The largest absolute Gasteiger partial charge is 0.416 e. The number of hydrogen-bond acceptors (Lipinski definition) is 4. The van der Waals surface area contributed by atoms with Gasteiger partial charge in [-0.1, -0.05) is 0 Å². The van der Waals surface area contributed by atoms with Gasteiger partial charge < -0.3 is 10.2 Å². The van der Waals surface area contributed by atoms with E-state index < -0.39 is 17.6 Å². The lowest BCUT2D eigenvalue weighted by molar-refractivity contribution is -0.137. The van der Waals surface area contributed by atoms with Crippen molar-refractivity contribution in [3.63, 3.8) is 0 Å². The molecule has 1 fully saturated rings. The molecular formula is C16H15BrF4N4. The molecule has 0 saturated carbocycles. The Kier molecular flexibility index (Phi) is 5.24. The Morgan fingerprint density at radius 3 is 2.60 bits per heavy atom. The predicted octanol–water partition coefficient (Wildman–Crippen LogP) is 3.77. The molecule has 25 heavy (non-hydrogen) atoms. The summed E-state index contributed by atoms with van der Waals surface area (Å²) in [4.78, 5) is 10.5. The van der Waals surface area contributed by atoms with Crippen molar-refractivity contribution in [2.24, 2.45) is 0 Å². The van der Waals surface area contributed by atoms with Crippen LogP contribution in [-0.2, 0) is 12.7 Å². The van der Waals surface area contributed by atoms with Crippen molar-refractivity contribution in [2.45, 2.75) is 25.2 Å². The second kappa shape index (κ2) is 7.25. The van der Waals surface area contributed by atoms with Crippen molar-refractivity contribution in [1.29, 1.82) is 0 Å². The van der Waals surface area contributed by atoms with Crippen molar-refractivity contribution < 1.29 is 17.6 Å². The maximum absolute atomic E-state index is 13.4. The first kappa shape index (κ1) is 18.1. The average molecular weight is 419 g/mol. The molecule has 0 aliphatic carbocycles. The van der Waals surface area contributed by atoms with E-state index in [-0.39, 0.29) is 18.2 Å². The van der Waals surface area contributed by atoms with Gasteiger partial charge in [0.2, 0.25) is 5.95 Å². The second-order valence-corrected chi connectivity index (χ2v) is 6.78. The molecule has 1 aliphatic heterocycles. The van der Waals surface area contributed by atoms with Crippen molar-refractivity contribution >= 4 is 21.9 Å². The van der Waals surface area contributed by atoms with E-state index in [0.717, 1.165) is 29.6 Å². The third kappa shape index (κ3) is 4.66. The number of rotatable bonds is 4. The maximum Gasteiger partial charge on any atom is 0.416 e. The molecule has 1 atom stereocenters. The standard InChI is InChI=1S/C16H15BrF4N4/c17-12-7-23-15(24-8-12)25-2-1-14(9-25)22-6-10-3-11(16(19,20)21)5-13(18)4-10/h3-5,7-8,14,22H,1-2,6,9H2/t14-/m0/s1. The monoisotopic (exact) mass is 418 g/mol. The third-order valence-corrected chi connectivity index (χ3v) is 4.37. The molecule has 134 valence electrons. The molecule has 1 aliphatic rings. The van der Waals surface area contributed by atoms with E-state index >= 15 is 0 Å². The molecule has 0 radical (unpaired) electrons. The van der Waals surface area contributed by atoms with Crippen LogP contribution < -0.4 is 10.2 Å². The smallest absolute Gasteiger partial charge is 0.339 e. The number of anilines is 1. The maximum atomic E-state index is 13.4. The van der Waals surface area contributed by atoms with Crippen LogP contribution in [0.1, 0.15) is 17.5 Å². The third-order valence-electron chi connectivity index (χ3n) is 3.96. The zero-order valence-corrected chi connectivity index (χ0v) is 14.6. The van der Waals surface area contributed by atoms with Crippen LogP contribution in [0.5, 0.6) is 0 Å². The van der Waals surface area contributed by atoms with E-state index in [2.05, 4.69) is 31.2 Å². The van der Waals surface area contributed by atoms with Crippen LogP contribution >= 0.6 is 15.9 Å². The first-order valence-electron chi connectivity index (χ1n) is 7.64. The van der Waals surface area contributed by atoms with Crippen LogP contribution in [0.25, 0.3) is 0 Å². The summed E-state index contributed by atoms with van der Waals surface area (Å²) in [7, 11) is 0. The van der Waals surface area contributed by atoms with Crippen LogP contribution in [0.3, 0.4) is 0 Å². The van der Waals surface area contributed by atoms with Gasteiger partial charge in [-0.25, -0.2) is 14.4 Å². The summed E-state index contributed by atoms with van der Waals surface area (Å²) in [5, 5.41) is 3.17. The SMILES string of the molecule is Fc1cc(CN[C@H]2CCN(c3ncc(Br)cn3)C2)cc(C(F)(F)F)c1. The number of benzene rings is 1. The number of alkyl halides is 3. The minimum Gasteiger partial charge on any atom is -0.339 e. The van der Waals surface area contributed by atoms with Gasteiger partial charge in [-0.3, -0.25) is 0 Å². The molecule has 1 aromatic carbocycles. The molecule has 4 nitrogen and oxygen atoms in total. The minimum absolute atomic E-state index is 0.0739. The highest BCUT2D eigenvalue weighted by molar-refractivity contribution is 9.10. The van der Waals surface area contributed by atoms with Gasteiger partial charge in [0.05, 0.1) is 10.0 Å². The number of aromatic nitrogens is 2. The summed E-state index contributed by atoms with van der Waals surface area (Å²) < 4.78 is 52.4. The molecule has 1 saturated heterocycles.